The molecule has 6 heteroatoms. The molecule has 0 spiro atoms. The Bertz CT molecular complexity index is 349. The maximum Gasteiger partial charge on any atom is 0.410 e. The summed E-state index contributed by atoms with van der Waals surface area (Å²) in [5.41, 5.74) is -0.585. The summed E-state index contributed by atoms with van der Waals surface area (Å²) in [7, 11) is 0. The first-order chi connectivity index (χ1) is 8.78. The van der Waals surface area contributed by atoms with Gasteiger partial charge in [-0.1, -0.05) is 0 Å². The summed E-state index contributed by atoms with van der Waals surface area (Å²) < 4.78 is 9.93. The molecule has 1 N–H and O–H groups in total. The van der Waals surface area contributed by atoms with Gasteiger partial charge < -0.3 is 9.47 Å². The van der Waals surface area contributed by atoms with Crippen LogP contribution in [0.2, 0.25) is 0 Å². The van der Waals surface area contributed by atoms with Crippen LogP contribution >= 0.6 is 0 Å². The van der Waals surface area contributed by atoms with Crippen molar-refractivity contribution in [3.8, 4) is 0 Å². The molecule has 1 amide bonds. The number of rotatable bonds is 3. The number of ether oxygens (including phenoxy) is 2. The minimum absolute atomic E-state index is 0.191. The Balaban J connectivity index is 2.20. The molecule has 1 fully saturated rings. The normalized spacial score (nSPS) is 16.9. The van der Waals surface area contributed by atoms with Crippen LogP contribution in [0.5, 0.6) is 0 Å². The van der Waals surface area contributed by atoms with Gasteiger partial charge in [-0.2, -0.15) is 0 Å². The highest BCUT2D eigenvalue weighted by Crippen LogP contribution is 2.22. The minimum Gasteiger partial charge on any atom is -0.444 e. The lowest BCUT2D eigenvalue weighted by Gasteiger charge is -2.21. The second-order valence-corrected chi connectivity index (χ2v) is 5.60. The number of carbonyl (C=O) groups excluding carboxylic acids is 3. The third kappa shape index (κ3) is 6.22. The van der Waals surface area contributed by atoms with Crippen molar-refractivity contribution in [2.45, 2.75) is 52.1 Å². The summed E-state index contributed by atoms with van der Waals surface area (Å²) >= 11 is 0. The molecule has 108 valence electrons. The highest BCUT2D eigenvalue weighted by atomic mass is 16.6. The Morgan fingerprint density at radius 2 is 1.84 bits per heavy atom. The topological polar surface area (TPSA) is 81.7 Å². The van der Waals surface area contributed by atoms with Crippen LogP contribution in [-0.2, 0) is 19.1 Å². The molecule has 0 aromatic carbocycles. The van der Waals surface area contributed by atoms with E-state index in [-0.39, 0.29) is 24.4 Å². The number of alkyl carbamates (subject to hydrolysis) is 1. The van der Waals surface area contributed by atoms with E-state index in [2.05, 4.69) is 5.32 Å². The van der Waals surface area contributed by atoms with Crippen molar-refractivity contribution in [1.82, 2.24) is 5.32 Å². The van der Waals surface area contributed by atoms with Gasteiger partial charge in [-0.15, -0.1) is 0 Å². The van der Waals surface area contributed by atoms with E-state index >= 15 is 0 Å². The first kappa shape index (κ1) is 15.5. The molecular formula is C13H21NO5. The minimum atomic E-state index is -0.626. The van der Waals surface area contributed by atoms with Crippen LogP contribution in [0.4, 0.5) is 4.79 Å². The molecule has 0 atom stereocenters. The fraction of sp³-hybridized carbons (Fsp3) is 0.769. The molecule has 6 nitrogen and oxygen atoms in total. The number of Topliss-reactive ketones (excluding diaryl/α,β-unsaturated/α-hetero) is 1. The highest BCUT2D eigenvalue weighted by molar-refractivity contribution is 5.82. The van der Waals surface area contributed by atoms with E-state index in [4.69, 9.17) is 9.47 Å². The Morgan fingerprint density at radius 3 is 2.37 bits per heavy atom. The largest absolute Gasteiger partial charge is 0.444 e. The lowest BCUT2D eigenvalue weighted by Crippen LogP contribution is -2.35. The molecule has 0 bridgehead atoms. The lowest BCUT2D eigenvalue weighted by molar-refractivity contribution is -0.150. The van der Waals surface area contributed by atoms with Gasteiger partial charge in [0.2, 0.25) is 0 Å². The summed E-state index contributed by atoms with van der Waals surface area (Å²) in [6, 6.07) is 0. The van der Waals surface area contributed by atoms with Crippen LogP contribution in [0.1, 0.15) is 46.5 Å². The second kappa shape index (κ2) is 6.54. The first-order valence-corrected chi connectivity index (χ1v) is 6.43. The average Bonchev–Trinajstić information content (AvgIpc) is 2.27. The smallest absolute Gasteiger partial charge is 0.410 e. The second-order valence-electron chi connectivity index (χ2n) is 5.60. The Labute approximate surface area is 112 Å². The monoisotopic (exact) mass is 271 g/mol. The van der Waals surface area contributed by atoms with E-state index < -0.39 is 11.7 Å². The molecule has 1 saturated carbocycles. The van der Waals surface area contributed by atoms with Crippen molar-refractivity contribution in [2.24, 2.45) is 5.92 Å². The number of hydrogen-bond acceptors (Lipinski definition) is 5. The third-order valence-corrected chi connectivity index (χ3v) is 2.71. The van der Waals surface area contributed by atoms with Gasteiger partial charge in [-0.3, -0.25) is 14.9 Å². The molecule has 0 aromatic heterocycles. The van der Waals surface area contributed by atoms with Crippen LogP contribution < -0.4 is 5.32 Å². The molecule has 0 saturated heterocycles. The van der Waals surface area contributed by atoms with E-state index in [1.54, 1.807) is 20.8 Å². The maximum atomic E-state index is 11.6. The summed E-state index contributed by atoms with van der Waals surface area (Å²) in [5.74, 6) is -0.419. The zero-order valence-corrected chi connectivity index (χ0v) is 11.7. The maximum absolute atomic E-state index is 11.6. The van der Waals surface area contributed by atoms with Crippen LogP contribution in [-0.4, -0.2) is 30.2 Å². The molecule has 0 aliphatic heterocycles. The average molecular weight is 271 g/mol. The van der Waals surface area contributed by atoms with E-state index in [1.165, 1.54) is 0 Å². The molecule has 19 heavy (non-hydrogen) atoms. The van der Waals surface area contributed by atoms with Crippen molar-refractivity contribution >= 4 is 17.8 Å². The summed E-state index contributed by atoms with van der Waals surface area (Å²) in [5, 5.41) is 2.35. The van der Waals surface area contributed by atoms with Crippen LogP contribution in [0, 0.1) is 5.92 Å². The van der Waals surface area contributed by atoms with E-state index in [0.29, 0.717) is 25.7 Å². The standard InChI is InChI=1S/C13H21NO5/c1-13(2,3)19-12(17)14-8-18-11(16)9-4-6-10(15)7-5-9/h9H,4-8H2,1-3H3,(H,14,17). The van der Waals surface area contributed by atoms with Crippen LogP contribution in [0.25, 0.3) is 0 Å². The molecule has 0 unspecified atom stereocenters. The Kier molecular flexibility index (Phi) is 5.32. The predicted octanol–water partition coefficient (Wildman–Crippen LogP) is 1.77. The van der Waals surface area contributed by atoms with Gasteiger partial charge in [0.25, 0.3) is 0 Å². The van der Waals surface area contributed by atoms with Crippen molar-refractivity contribution in [2.75, 3.05) is 6.73 Å². The van der Waals surface area contributed by atoms with Crippen molar-refractivity contribution in [1.29, 1.82) is 0 Å². The summed E-state index contributed by atoms with van der Waals surface area (Å²) in [6.07, 6.45) is 1.30. The van der Waals surface area contributed by atoms with Crippen LogP contribution in [0.15, 0.2) is 0 Å². The van der Waals surface area contributed by atoms with E-state index in [1.807, 2.05) is 0 Å². The zero-order valence-electron chi connectivity index (χ0n) is 11.7. The quantitative estimate of drug-likeness (QED) is 0.625. The van der Waals surface area contributed by atoms with Gasteiger partial charge >= 0.3 is 12.1 Å². The number of amides is 1. The molecule has 0 aromatic rings. The summed E-state index contributed by atoms with van der Waals surface area (Å²) in [4.78, 5) is 34.0. The van der Waals surface area contributed by atoms with Crippen LogP contribution in [0.3, 0.4) is 0 Å². The van der Waals surface area contributed by atoms with Crippen molar-refractivity contribution in [3.05, 3.63) is 0 Å². The number of carbonyl (C=O) groups is 3. The molecular weight excluding hydrogens is 250 g/mol. The summed E-state index contributed by atoms with van der Waals surface area (Å²) in [6.45, 7) is 5.03. The number of esters is 1. The first-order valence-electron chi connectivity index (χ1n) is 6.43. The van der Waals surface area contributed by atoms with E-state index in [9.17, 15) is 14.4 Å². The molecule has 1 aliphatic rings. The molecule has 0 radical (unpaired) electrons. The van der Waals surface area contributed by atoms with Crippen molar-refractivity contribution < 1.29 is 23.9 Å². The molecule has 1 rings (SSSR count). The fourth-order valence-corrected chi connectivity index (χ4v) is 1.77. The van der Waals surface area contributed by atoms with E-state index in [0.717, 1.165) is 0 Å². The highest BCUT2D eigenvalue weighted by Gasteiger charge is 2.26. The van der Waals surface area contributed by atoms with Gasteiger partial charge in [0, 0.05) is 12.8 Å². The van der Waals surface area contributed by atoms with Gasteiger partial charge in [0.15, 0.2) is 6.73 Å². The van der Waals surface area contributed by atoms with Gasteiger partial charge in [-0.05, 0) is 33.6 Å². The zero-order chi connectivity index (χ0) is 14.5. The SMILES string of the molecule is CC(C)(C)OC(=O)NCOC(=O)C1CCC(=O)CC1. The van der Waals surface area contributed by atoms with Crippen molar-refractivity contribution in [3.63, 3.8) is 0 Å². The number of hydrogen-bond donors (Lipinski definition) is 1. The third-order valence-electron chi connectivity index (χ3n) is 2.71. The number of ketones is 1. The predicted molar refractivity (Wildman–Crippen MR) is 67.3 cm³/mol. The number of nitrogens with one attached hydrogen (secondary N) is 1. The molecule has 1 aliphatic carbocycles. The van der Waals surface area contributed by atoms with Gasteiger partial charge in [0.05, 0.1) is 5.92 Å². The fourth-order valence-electron chi connectivity index (χ4n) is 1.77. The lowest BCUT2D eigenvalue weighted by atomic mass is 9.89. The Morgan fingerprint density at radius 1 is 1.26 bits per heavy atom. The molecule has 0 heterocycles. The van der Waals surface area contributed by atoms with Gasteiger partial charge in [-0.25, -0.2) is 4.79 Å². The van der Waals surface area contributed by atoms with Gasteiger partial charge in [0.1, 0.15) is 11.4 Å². The Hall–Kier alpha value is -1.59.